The number of aryl methyl sites for hydroxylation is 1. The summed E-state index contributed by atoms with van der Waals surface area (Å²) >= 11 is 2.28. The van der Waals surface area contributed by atoms with Crippen LogP contribution >= 0.6 is 22.6 Å². The summed E-state index contributed by atoms with van der Waals surface area (Å²) in [6.07, 6.45) is 2.55. The van der Waals surface area contributed by atoms with Crippen molar-refractivity contribution >= 4 is 34.8 Å². The lowest BCUT2D eigenvalue weighted by molar-refractivity contribution is 0.337. The van der Waals surface area contributed by atoms with E-state index in [4.69, 9.17) is 16.2 Å². The lowest BCUT2D eigenvalue weighted by Gasteiger charge is -2.12. The van der Waals surface area contributed by atoms with E-state index in [0.29, 0.717) is 6.61 Å². The van der Waals surface area contributed by atoms with Crippen LogP contribution in [0.3, 0.4) is 0 Å². The summed E-state index contributed by atoms with van der Waals surface area (Å²) in [4.78, 5) is 0. The van der Waals surface area contributed by atoms with Gasteiger partial charge in [-0.3, -0.25) is 0 Å². The topological polar surface area (TPSA) is 86.0 Å². The molecule has 4 N–H and O–H groups in total. The summed E-state index contributed by atoms with van der Waals surface area (Å²) in [6.45, 7) is 4.67. The SMILES string of the molecule is CCOc1c(C=NN=C(N)N)ccc(CC)c1I. The first-order valence-electron chi connectivity index (χ1n) is 5.66. The van der Waals surface area contributed by atoms with Crippen molar-refractivity contribution in [2.45, 2.75) is 20.3 Å². The average Bonchev–Trinajstić information content (AvgIpc) is 2.33. The molecule has 0 aliphatic rings. The van der Waals surface area contributed by atoms with E-state index in [1.807, 2.05) is 13.0 Å². The second kappa shape index (κ2) is 7.20. The van der Waals surface area contributed by atoms with Crippen molar-refractivity contribution in [2.24, 2.45) is 21.7 Å². The maximum absolute atomic E-state index is 5.66. The van der Waals surface area contributed by atoms with Crippen molar-refractivity contribution in [1.82, 2.24) is 0 Å². The van der Waals surface area contributed by atoms with Crippen molar-refractivity contribution in [3.05, 3.63) is 26.8 Å². The monoisotopic (exact) mass is 360 g/mol. The second-order valence-corrected chi connectivity index (χ2v) is 4.59. The Morgan fingerprint density at radius 1 is 1.39 bits per heavy atom. The standard InChI is InChI=1S/C12H17IN4O/c1-3-8-5-6-9(7-16-17-12(14)15)11(10(8)13)18-4-2/h5-7H,3-4H2,1-2H3,(H4,14,15,17). The van der Waals surface area contributed by atoms with Gasteiger partial charge in [-0.05, 0) is 47.6 Å². The number of rotatable bonds is 5. The molecular formula is C12H17IN4O. The summed E-state index contributed by atoms with van der Waals surface area (Å²) in [6, 6.07) is 4.01. The Balaban J connectivity index is 3.14. The van der Waals surface area contributed by atoms with Crippen molar-refractivity contribution in [2.75, 3.05) is 6.61 Å². The molecular weight excluding hydrogens is 343 g/mol. The number of halogens is 1. The predicted molar refractivity (Wildman–Crippen MR) is 83.1 cm³/mol. The zero-order chi connectivity index (χ0) is 13.5. The highest BCUT2D eigenvalue weighted by Crippen LogP contribution is 2.28. The molecule has 0 bridgehead atoms. The Morgan fingerprint density at radius 2 is 2.11 bits per heavy atom. The van der Waals surface area contributed by atoms with E-state index in [0.717, 1.165) is 21.3 Å². The Labute approximate surface area is 120 Å². The fourth-order valence-electron chi connectivity index (χ4n) is 1.44. The Bertz CT molecular complexity index is 467. The van der Waals surface area contributed by atoms with Gasteiger partial charge in [-0.2, -0.15) is 5.10 Å². The normalized spacial score (nSPS) is 10.6. The third-order valence-corrected chi connectivity index (χ3v) is 3.43. The fraction of sp³-hybridized carbons (Fsp3) is 0.333. The van der Waals surface area contributed by atoms with Crippen LogP contribution in [0, 0.1) is 3.57 Å². The van der Waals surface area contributed by atoms with Gasteiger partial charge < -0.3 is 16.2 Å². The third kappa shape index (κ3) is 3.86. The summed E-state index contributed by atoms with van der Waals surface area (Å²) in [5, 5.41) is 7.39. The van der Waals surface area contributed by atoms with E-state index in [1.54, 1.807) is 6.21 Å². The highest BCUT2D eigenvalue weighted by atomic mass is 127. The Hall–Kier alpha value is -1.31. The minimum Gasteiger partial charge on any atom is -0.492 e. The molecule has 0 unspecified atom stereocenters. The quantitative estimate of drug-likeness (QED) is 0.364. The highest BCUT2D eigenvalue weighted by molar-refractivity contribution is 14.1. The Kier molecular flexibility index (Phi) is 5.90. The molecule has 5 nitrogen and oxygen atoms in total. The molecule has 0 radical (unpaired) electrons. The van der Waals surface area contributed by atoms with Gasteiger partial charge in [0.15, 0.2) is 0 Å². The van der Waals surface area contributed by atoms with E-state index >= 15 is 0 Å². The van der Waals surface area contributed by atoms with Crippen LogP contribution in [0.25, 0.3) is 0 Å². The lowest BCUT2D eigenvalue weighted by Crippen LogP contribution is -2.21. The number of ether oxygens (including phenoxy) is 1. The van der Waals surface area contributed by atoms with E-state index in [9.17, 15) is 0 Å². The van der Waals surface area contributed by atoms with Crippen molar-refractivity contribution < 1.29 is 4.74 Å². The number of benzene rings is 1. The minimum absolute atomic E-state index is 0.0657. The van der Waals surface area contributed by atoms with Gasteiger partial charge in [-0.15, -0.1) is 5.10 Å². The molecule has 0 aromatic heterocycles. The van der Waals surface area contributed by atoms with Gasteiger partial charge in [0.05, 0.1) is 16.4 Å². The predicted octanol–water partition coefficient (Wildman–Crippen LogP) is 1.86. The van der Waals surface area contributed by atoms with Gasteiger partial charge >= 0.3 is 0 Å². The molecule has 1 aromatic carbocycles. The number of nitrogens with zero attached hydrogens (tertiary/aromatic N) is 2. The number of hydrogen-bond donors (Lipinski definition) is 2. The number of hydrogen-bond acceptors (Lipinski definition) is 3. The van der Waals surface area contributed by atoms with E-state index in [-0.39, 0.29) is 5.96 Å². The van der Waals surface area contributed by atoms with Crippen molar-refractivity contribution in [1.29, 1.82) is 0 Å². The summed E-state index contributed by atoms with van der Waals surface area (Å²) in [5.74, 6) is 0.760. The molecule has 0 saturated carbocycles. The molecule has 0 atom stereocenters. The third-order valence-electron chi connectivity index (χ3n) is 2.25. The molecule has 98 valence electrons. The van der Waals surface area contributed by atoms with Gasteiger partial charge in [0.25, 0.3) is 0 Å². The maximum Gasteiger partial charge on any atom is 0.211 e. The maximum atomic E-state index is 5.66. The lowest BCUT2D eigenvalue weighted by atomic mass is 10.1. The van der Waals surface area contributed by atoms with Gasteiger partial charge in [0, 0.05) is 5.56 Å². The highest BCUT2D eigenvalue weighted by Gasteiger charge is 2.10. The van der Waals surface area contributed by atoms with E-state index in [1.165, 1.54) is 5.56 Å². The molecule has 0 heterocycles. The first-order valence-corrected chi connectivity index (χ1v) is 6.74. The van der Waals surface area contributed by atoms with Gasteiger partial charge in [-0.1, -0.05) is 13.0 Å². The minimum atomic E-state index is -0.0657. The molecule has 0 saturated heterocycles. The molecule has 1 aromatic rings. The average molecular weight is 360 g/mol. The first kappa shape index (κ1) is 14.7. The second-order valence-electron chi connectivity index (χ2n) is 3.51. The number of guanidine groups is 1. The molecule has 1 rings (SSSR count). The van der Waals surface area contributed by atoms with E-state index in [2.05, 4.69) is 45.8 Å². The fourth-order valence-corrected chi connectivity index (χ4v) is 2.46. The van der Waals surface area contributed by atoms with Crippen LogP contribution in [-0.4, -0.2) is 18.8 Å². The molecule has 0 amide bonds. The van der Waals surface area contributed by atoms with Gasteiger partial charge in [0.1, 0.15) is 5.75 Å². The van der Waals surface area contributed by atoms with Gasteiger partial charge in [-0.25, -0.2) is 0 Å². The molecule has 0 fully saturated rings. The first-order chi connectivity index (χ1) is 8.60. The molecule has 18 heavy (non-hydrogen) atoms. The number of nitrogens with two attached hydrogens (primary N) is 2. The largest absolute Gasteiger partial charge is 0.492 e. The van der Waals surface area contributed by atoms with Gasteiger partial charge in [0.2, 0.25) is 5.96 Å². The molecule has 0 aliphatic carbocycles. The summed E-state index contributed by atoms with van der Waals surface area (Å²) in [7, 11) is 0. The van der Waals surface area contributed by atoms with Crippen LogP contribution in [0.4, 0.5) is 0 Å². The Morgan fingerprint density at radius 3 is 2.67 bits per heavy atom. The smallest absolute Gasteiger partial charge is 0.211 e. The van der Waals surface area contributed by atoms with Crippen LogP contribution in [-0.2, 0) is 6.42 Å². The molecule has 0 spiro atoms. The van der Waals surface area contributed by atoms with Crippen LogP contribution in [0.2, 0.25) is 0 Å². The zero-order valence-corrected chi connectivity index (χ0v) is 12.6. The summed E-state index contributed by atoms with van der Waals surface area (Å²) < 4.78 is 6.76. The van der Waals surface area contributed by atoms with Crippen LogP contribution in [0.5, 0.6) is 5.75 Å². The van der Waals surface area contributed by atoms with E-state index < -0.39 is 0 Å². The molecule has 0 aliphatic heterocycles. The van der Waals surface area contributed by atoms with Crippen LogP contribution in [0.15, 0.2) is 22.3 Å². The zero-order valence-electron chi connectivity index (χ0n) is 10.5. The van der Waals surface area contributed by atoms with Crippen molar-refractivity contribution in [3.63, 3.8) is 0 Å². The summed E-state index contributed by atoms with van der Waals surface area (Å²) in [5.41, 5.74) is 12.5. The van der Waals surface area contributed by atoms with Crippen LogP contribution in [0.1, 0.15) is 25.0 Å². The van der Waals surface area contributed by atoms with Crippen LogP contribution < -0.4 is 16.2 Å². The van der Waals surface area contributed by atoms with Crippen molar-refractivity contribution in [3.8, 4) is 5.75 Å². The molecule has 6 heteroatoms.